The largest absolute Gasteiger partial charge is 0.342 e. The molecule has 0 bridgehead atoms. The minimum atomic E-state index is 0.308. The van der Waals surface area contributed by atoms with Crippen LogP contribution in [0.15, 0.2) is 0 Å². The summed E-state index contributed by atoms with van der Waals surface area (Å²) in [4.78, 5) is 14.5. The Morgan fingerprint density at radius 3 is 2.65 bits per heavy atom. The third-order valence-electron chi connectivity index (χ3n) is 5.32. The highest BCUT2D eigenvalue weighted by molar-refractivity contribution is 5.82. The van der Waals surface area contributed by atoms with Crippen molar-refractivity contribution in [2.24, 2.45) is 29.4 Å². The van der Waals surface area contributed by atoms with Crippen molar-refractivity contribution in [2.75, 3.05) is 13.1 Å². The lowest BCUT2D eigenvalue weighted by Crippen LogP contribution is -2.49. The monoisotopic (exact) mass is 236 g/mol. The van der Waals surface area contributed by atoms with Crippen LogP contribution in [0.1, 0.15) is 39.0 Å². The van der Waals surface area contributed by atoms with E-state index in [9.17, 15) is 4.79 Å². The number of hydrogen-bond acceptors (Lipinski definition) is 2. The first kappa shape index (κ1) is 11.5. The Hall–Kier alpha value is -0.570. The van der Waals surface area contributed by atoms with Gasteiger partial charge in [-0.1, -0.05) is 19.8 Å². The van der Waals surface area contributed by atoms with E-state index in [2.05, 4.69) is 11.8 Å². The van der Waals surface area contributed by atoms with Crippen LogP contribution < -0.4 is 5.73 Å². The van der Waals surface area contributed by atoms with Crippen molar-refractivity contribution < 1.29 is 4.79 Å². The zero-order valence-corrected chi connectivity index (χ0v) is 10.8. The van der Waals surface area contributed by atoms with Crippen LogP contribution in [0.25, 0.3) is 0 Å². The van der Waals surface area contributed by atoms with Crippen molar-refractivity contribution in [3.63, 3.8) is 0 Å². The summed E-state index contributed by atoms with van der Waals surface area (Å²) in [6.45, 7) is 3.99. The average Bonchev–Trinajstić information content (AvgIpc) is 2.82. The summed E-state index contributed by atoms with van der Waals surface area (Å²) in [6.07, 6.45) is 6.04. The number of likely N-dealkylation sites (tertiary alicyclic amines) is 1. The molecule has 17 heavy (non-hydrogen) atoms. The number of fused-ring (bicyclic) bond motifs is 1. The molecule has 0 aromatic rings. The van der Waals surface area contributed by atoms with Gasteiger partial charge in [-0.3, -0.25) is 4.79 Å². The maximum Gasteiger partial charge on any atom is 0.226 e. The number of hydrogen-bond donors (Lipinski definition) is 1. The standard InChI is InChI=1S/C14H24N2O/c1-2-9-8-16(7-6-12(9)15)14(17)13-10-4-3-5-11(10)13/h9-13H,2-8,15H2,1H3. The van der Waals surface area contributed by atoms with Crippen molar-refractivity contribution in [2.45, 2.75) is 45.1 Å². The maximum absolute atomic E-state index is 12.4. The first-order valence-corrected chi connectivity index (χ1v) is 7.26. The third-order valence-corrected chi connectivity index (χ3v) is 5.32. The van der Waals surface area contributed by atoms with Gasteiger partial charge in [0.05, 0.1) is 0 Å². The Bertz CT molecular complexity index is 307. The molecule has 0 spiro atoms. The zero-order valence-electron chi connectivity index (χ0n) is 10.8. The molecule has 2 aliphatic carbocycles. The van der Waals surface area contributed by atoms with Gasteiger partial charge in [0.2, 0.25) is 5.91 Å². The van der Waals surface area contributed by atoms with Crippen LogP contribution in [0.5, 0.6) is 0 Å². The number of amides is 1. The molecule has 1 amide bonds. The fraction of sp³-hybridized carbons (Fsp3) is 0.929. The lowest BCUT2D eigenvalue weighted by molar-refractivity contribution is -0.135. The molecular weight excluding hydrogens is 212 g/mol. The van der Waals surface area contributed by atoms with Crippen molar-refractivity contribution in [1.29, 1.82) is 0 Å². The Morgan fingerprint density at radius 2 is 2.00 bits per heavy atom. The summed E-state index contributed by atoms with van der Waals surface area (Å²) < 4.78 is 0. The molecule has 1 aliphatic heterocycles. The Morgan fingerprint density at radius 1 is 1.29 bits per heavy atom. The van der Waals surface area contributed by atoms with Gasteiger partial charge in [0.15, 0.2) is 0 Å². The SMILES string of the molecule is CCC1CN(C(=O)C2C3CCCC32)CCC1N. The number of rotatable bonds is 2. The molecule has 1 saturated heterocycles. The van der Waals surface area contributed by atoms with Crippen LogP contribution in [-0.2, 0) is 4.79 Å². The van der Waals surface area contributed by atoms with Gasteiger partial charge in [-0.25, -0.2) is 0 Å². The van der Waals surface area contributed by atoms with Crippen LogP contribution in [0.4, 0.5) is 0 Å². The van der Waals surface area contributed by atoms with Crippen molar-refractivity contribution in [3.05, 3.63) is 0 Å². The summed E-state index contributed by atoms with van der Waals surface area (Å²) in [5.41, 5.74) is 6.10. The van der Waals surface area contributed by atoms with E-state index in [0.29, 0.717) is 23.8 Å². The fourth-order valence-electron chi connectivity index (χ4n) is 4.08. The molecule has 1 heterocycles. The third kappa shape index (κ3) is 1.88. The molecule has 3 fully saturated rings. The maximum atomic E-state index is 12.4. The minimum absolute atomic E-state index is 0.308. The molecule has 4 atom stereocenters. The highest BCUT2D eigenvalue weighted by Crippen LogP contribution is 2.58. The van der Waals surface area contributed by atoms with Crippen LogP contribution >= 0.6 is 0 Å². The molecule has 3 rings (SSSR count). The summed E-state index contributed by atoms with van der Waals surface area (Å²) >= 11 is 0. The van der Waals surface area contributed by atoms with E-state index >= 15 is 0 Å². The Kier molecular flexibility index (Phi) is 2.89. The van der Waals surface area contributed by atoms with E-state index in [4.69, 9.17) is 5.73 Å². The number of carbonyl (C=O) groups is 1. The van der Waals surface area contributed by atoms with Gasteiger partial charge in [-0.05, 0) is 37.0 Å². The second kappa shape index (κ2) is 4.27. The lowest BCUT2D eigenvalue weighted by atomic mass is 9.90. The molecule has 3 heteroatoms. The number of nitrogens with zero attached hydrogens (tertiary/aromatic N) is 1. The van der Waals surface area contributed by atoms with Gasteiger partial charge in [0.25, 0.3) is 0 Å². The van der Waals surface area contributed by atoms with E-state index < -0.39 is 0 Å². The molecule has 3 aliphatic rings. The van der Waals surface area contributed by atoms with Gasteiger partial charge in [0.1, 0.15) is 0 Å². The Labute approximate surface area is 104 Å². The molecule has 0 radical (unpaired) electrons. The van der Waals surface area contributed by atoms with Crippen LogP contribution in [0.3, 0.4) is 0 Å². The molecule has 3 nitrogen and oxygen atoms in total. The highest BCUT2D eigenvalue weighted by atomic mass is 16.2. The molecule has 0 aromatic heterocycles. The van der Waals surface area contributed by atoms with Gasteiger partial charge < -0.3 is 10.6 Å². The summed E-state index contributed by atoms with van der Waals surface area (Å²) in [5.74, 6) is 2.86. The van der Waals surface area contributed by atoms with Crippen molar-refractivity contribution >= 4 is 5.91 Å². The van der Waals surface area contributed by atoms with Gasteiger partial charge in [-0.15, -0.1) is 0 Å². The predicted octanol–water partition coefficient (Wildman–Crippen LogP) is 1.62. The normalized spacial score (nSPS) is 44.6. The lowest BCUT2D eigenvalue weighted by Gasteiger charge is -2.37. The van der Waals surface area contributed by atoms with Crippen molar-refractivity contribution in [3.8, 4) is 0 Å². The van der Waals surface area contributed by atoms with E-state index in [1.165, 1.54) is 19.3 Å². The minimum Gasteiger partial charge on any atom is -0.342 e. The molecule has 4 unspecified atom stereocenters. The van der Waals surface area contributed by atoms with E-state index in [0.717, 1.165) is 37.8 Å². The fourth-order valence-corrected chi connectivity index (χ4v) is 4.08. The first-order valence-electron chi connectivity index (χ1n) is 7.26. The quantitative estimate of drug-likeness (QED) is 0.792. The van der Waals surface area contributed by atoms with Crippen LogP contribution in [-0.4, -0.2) is 29.9 Å². The number of nitrogens with two attached hydrogens (primary N) is 1. The second-order valence-corrected chi connectivity index (χ2v) is 6.19. The van der Waals surface area contributed by atoms with Crippen molar-refractivity contribution in [1.82, 2.24) is 4.90 Å². The molecule has 2 N–H and O–H groups in total. The Balaban J connectivity index is 1.59. The summed E-state index contributed by atoms with van der Waals surface area (Å²) in [6, 6.07) is 0.308. The summed E-state index contributed by atoms with van der Waals surface area (Å²) in [7, 11) is 0. The topological polar surface area (TPSA) is 46.3 Å². The van der Waals surface area contributed by atoms with Gasteiger partial charge in [-0.2, -0.15) is 0 Å². The van der Waals surface area contributed by atoms with E-state index in [1.54, 1.807) is 0 Å². The molecule has 2 saturated carbocycles. The summed E-state index contributed by atoms with van der Waals surface area (Å²) in [5, 5.41) is 0. The van der Waals surface area contributed by atoms with Gasteiger partial charge >= 0.3 is 0 Å². The smallest absolute Gasteiger partial charge is 0.226 e. The molecular formula is C14H24N2O. The zero-order chi connectivity index (χ0) is 12.0. The molecule has 96 valence electrons. The predicted molar refractivity (Wildman–Crippen MR) is 67.3 cm³/mol. The first-order chi connectivity index (χ1) is 8.22. The van der Waals surface area contributed by atoms with Gasteiger partial charge in [0, 0.05) is 25.0 Å². The van der Waals surface area contributed by atoms with E-state index in [1.807, 2.05) is 0 Å². The number of piperidine rings is 1. The van der Waals surface area contributed by atoms with Crippen LogP contribution in [0.2, 0.25) is 0 Å². The highest BCUT2D eigenvalue weighted by Gasteiger charge is 2.57. The van der Waals surface area contributed by atoms with Crippen LogP contribution in [0, 0.1) is 23.7 Å². The number of carbonyl (C=O) groups excluding carboxylic acids is 1. The second-order valence-electron chi connectivity index (χ2n) is 6.19. The van der Waals surface area contributed by atoms with E-state index in [-0.39, 0.29) is 0 Å². The average molecular weight is 236 g/mol. The molecule has 0 aromatic carbocycles.